The van der Waals surface area contributed by atoms with Crippen LogP contribution in [0, 0.1) is 5.92 Å². The zero-order chi connectivity index (χ0) is 24.1. The number of benzene rings is 2. The van der Waals surface area contributed by atoms with Gasteiger partial charge in [-0.1, -0.05) is 87.5 Å². The van der Waals surface area contributed by atoms with Gasteiger partial charge in [-0.15, -0.1) is 0 Å². The summed E-state index contributed by atoms with van der Waals surface area (Å²) in [5.74, 6) is 0.143. The molecule has 3 rings (SSSR count). The molecular formula is C29H40O3Si. The lowest BCUT2D eigenvalue weighted by Gasteiger charge is -2.46. The molecule has 0 heterocycles. The SMILES string of the molecule is CC(C)(C)OC(=O)/C=C/C1CCC(O[Si](c2ccccc2)(c2ccccc2)C(C)(C)C)CC1. The third-order valence-corrected chi connectivity index (χ3v) is 11.5. The van der Waals surface area contributed by atoms with Crippen molar-refractivity contribution in [2.45, 2.75) is 84.0 Å². The quantitative estimate of drug-likeness (QED) is 0.298. The first-order chi connectivity index (χ1) is 15.5. The Balaban J connectivity index is 1.78. The Morgan fingerprint density at radius 1 is 0.818 bits per heavy atom. The van der Waals surface area contributed by atoms with Gasteiger partial charge in [-0.2, -0.15) is 0 Å². The van der Waals surface area contributed by atoms with Crippen LogP contribution >= 0.6 is 0 Å². The van der Waals surface area contributed by atoms with Gasteiger partial charge in [0, 0.05) is 12.2 Å². The summed E-state index contributed by atoms with van der Waals surface area (Å²) in [7, 11) is -2.51. The first kappa shape index (κ1) is 25.4. The van der Waals surface area contributed by atoms with E-state index in [9.17, 15) is 4.79 Å². The highest BCUT2D eigenvalue weighted by Gasteiger charge is 2.51. The number of carbonyl (C=O) groups excluding carboxylic acids is 1. The summed E-state index contributed by atoms with van der Waals surface area (Å²) in [6.45, 7) is 12.7. The smallest absolute Gasteiger partial charge is 0.330 e. The van der Waals surface area contributed by atoms with Crippen LogP contribution in [0.1, 0.15) is 67.2 Å². The summed E-state index contributed by atoms with van der Waals surface area (Å²) < 4.78 is 12.7. The Morgan fingerprint density at radius 2 is 1.30 bits per heavy atom. The predicted octanol–water partition coefficient (Wildman–Crippen LogP) is 6.02. The van der Waals surface area contributed by atoms with Gasteiger partial charge >= 0.3 is 5.97 Å². The third kappa shape index (κ3) is 6.45. The van der Waals surface area contributed by atoms with E-state index in [0.29, 0.717) is 5.92 Å². The molecule has 4 heteroatoms. The van der Waals surface area contributed by atoms with E-state index < -0.39 is 13.9 Å². The summed E-state index contributed by atoms with van der Waals surface area (Å²) in [4.78, 5) is 12.0. The van der Waals surface area contributed by atoms with Crippen molar-refractivity contribution in [1.29, 1.82) is 0 Å². The lowest BCUT2D eigenvalue weighted by molar-refractivity contribution is -0.148. The van der Waals surface area contributed by atoms with Crippen LogP contribution in [0.15, 0.2) is 72.8 Å². The van der Waals surface area contributed by atoms with Gasteiger partial charge in [-0.3, -0.25) is 0 Å². The highest BCUT2D eigenvalue weighted by molar-refractivity contribution is 6.99. The lowest BCUT2D eigenvalue weighted by Crippen LogP contribution is -2.67. The van der Waals surface area contributed by atoms with Gasteiger partial charge in [0.1, 0.15) is 5.60 Å². The summed E-state index contributed by atoms with van der Waals surface area (Å²) in [5.41, 5.74) is -0.456. The Hall–Kier alpha value is -2.17. The average molecular weight is 465 g/mol. The van der Waals surface area contributed by atoms with Gasteiger partial charge in [-0.25, -0.2) is 4.79 Å². The van der Waals surface area contributed by atoms with E-state index in [0.717, 1.165) is 25.7 Å². The molecule has 2 aromatic rings. The van der Waals surface area contributed by atoms with Crippen molar-refractivity contribution in [2.75, 3.05) is 0 Å². The zero-order valence-corrected chi connectivity index (χ0v) is 22.1. The van der Waals surface area contributed by atoms with Crippen molar-refractivity contribution in [3.63, 3.8) is 0 Å². The lowest BCUT2D eigenvalue weighted by atomic mass is 9.87. The van der Waals surface area contributed by atoms with E-state index in [1.165, 1.54) is 10.4 Å². The van der Waals surface area contributed by atoms with Gasteiger partial charge < -0.3 is 9.16 Å². The van der Waals surface area contributed by atoms with Crippen LogP contribution in [0.25, 0.3) is 0 Å². The highest BCUT2D eigenvalue weighted by Crippen LogP contribution is 2.40. The minimum absolute atomic E-state index is 0.0107. The van der Waals surface area contributed by atoms with Gasteiger partial charge in [0.2, 0.25) is 0 Å². The molecule has 0 bridgehead atoms. The Labute approximate surface area is 201 Å². The monoisotopic (exact) mass is 464 g/mol. The molecule has 3 nitrogen and oxygen atoms in total. The molecule has 0 aromatic heterocycles. The zero-order valence-electron chi connectivity index (χ0n) is 21.1. The molecule has 0 amide bonds. The maximum absolute atomic E-state index is 12.0. The minimum atomic E-state index is -2.51. The van der Waals surface area contributed by atoms with Crippen molar-refractivity contribution in [3.05, 3.63) is 72.8 Å². The average Bonchev–Trinajstić information content (AvgIpc) is 2.76. The topological polar surface area (TPSA) is 35.5 Å². The van der Waals surface area contributed by atoms with Gasteiger partial charge in [0.15, 0.2) is 0 Å². The van der Waals surface area contributed by atoms with Crippen LogP contribution < -0.4 is 10.4 Å². The molecule has 0 saturated heterocycles. The molecule has 33 heavy (non-hydrogen) atoms. The van der Waals surface area contributed by atoms with E-state index in [4.69, 9.17) is 9.16 Å². The van der Waals surface area contributed by atoms with Crippen molar-refractivity contribution >= 4 is 24.7 Å². The standard InChI is InChI=1S/C29H40O3Si/c1-28(2,3)31-27(30)22-19-23-17-20-24(21-18-23)32-33(29(4,5)6,25-13-9-7-10-14-25)26-15-11-8-12-16-26/h7-16,19,22-24H,17-18,20-21H2,1-6H3/b22-19+. The fraction of sp³-hybridized carbons (Fsp3) is 0.483. The number of hydrogen-bond donors (Lipinski definition) is 0. The molecule has 1 aliphatic rings. The molecule has 0 aliphatic heterocycles. The van der Waals surface area contributed by atoms with Crippen molar-refractivity contribution in [2.24, 2.45) is 5.92 Å². The second-order valence-corrected chi connectivity index (χ2v) is 15.5. The van der Waals surface area contributed by atoms with Crippen LogP contribution in [-0.4, -0.2) is 26.0 Å². The summed E-state index contributed by atoms with van der Waals surface area (Å²) >= 11 is 0. The summed E-state index contributed by atoms with van der Waals surface area (Å²) in [6.07, 6.45) is 7.95. The number of carbonyl (C=O) groups is 1. The van der Waals surface area contributed by atoms with E-state index in [2.05, 4.69) is 81.4 Å². The molecule has 2 aromatic carbocycles. The number of hydrogen-bond acceptors (Lipinski definition) is 3. The second-order valence-electron chi connectivity index (χ2n) is 11.2. The van der Waals surface area contributed by atoms with Crippen LogP contribution in [0.4, 0.5) is 0 Å². The van der Waals surface area contributed by atoms with Crippen LogP contribution in [-0.2, 0) is 14.0 Å². The largest absolute Gasteiger partial charge is 0.457 e. The molecule has 178 valence electrons. The molecule has 0 atom stereocenters. The molecule has 1 aliphatic carbocycles. The molecule has 0 spiro atoms. The van der Waals surface area contributed by atoms with Gasteiger partial charge in [0.25, 0.3) is 8.32 Å². The summed E-state index contributed by atoms with van der Waals surface area (Å²) in [5, 5.41) is 2.65. The number of rotatable bonds is 6. The van der Waals surface area contributed by atoms with E-state index in [-0.39, 0.29) is 17.1 Å². The molecule has 0 N–H and O–H groups in total. The first-order valence-electron chi connectivity index (χ1n) is 12.2. The van der Waals surface area contributed by atoms with Crippen LogP contribution in [0.3, 0.4) is 0 Å². The maximum Gasteiger partial charge on any atom is 0.330 e. The molecule has 1 fully saturated rings. The summed E-state index contributed by atoms with van der Waals surface area (Å²) in [6, 6.07) is 21.7. The Morgan fingerprint density at radius 3 is 1.73 bits per heavy atom. The highest BCUT2D eigenvalue weighted by atomic mass is 28.4. The Kier molecular flexibility index (Phi) is 8.02. The Bertz CT molecular complexity index is 875. The minimum Gasteiger partial charge on any atom is -0.457 e. The second kappa shape index (κ2) is 10.4. The van der Waals surface area contributed by atoms with Crippen molar-refractivity contribution in [3.8, 4) is 0 Å². The number of ether oxygens (including phenoxy) is 1. The fourth-order valence-electron chi connectivity index (χ4n) is 4.89. The van der Waals surface area contributed by atoms with Crippen molar-refractivity contribution < 1.29 is 14.0 Å². The third-order valence-electron chi connectivity index (χ3n) is 6.39. The fourth-order valence-corrected chi connectivity index (χ4v) is 9.64. The molecule has 1 saturated carbocycles. The predicted molar refractivity (Wildman–Crippen MR) is 139 cm³/mol. The van der Waals surface area contributed by atoms with E-state index in [1.54, 1.807) is 6.08 Å². The first-order valence-corrected chi connectivity index (χ1v) is 14.1. The number of allylic oxidation sites excluding steroid dienone is 1. The molecular weight excluding hydrogens is 424 g/mol. The van der Waals surface area contributed by atoms with E-state index >= 15 is 0 Å². The number of esters is 1. The molecule has 0 radical (unpaired) electrons. The van der Waals surface area contributed by atoms with Gasteiger partial charge in [-0.05, 0) is 67.8 Å². The molecule has 0 unspecified atom stereocenters. The normalized spacial score (nSPS) is 20.1. The maximum atomic E-state index is 12.0. The van der Waals surface area contributed by atoms with Crippen LogP contribution in [0.5, 0.6) is 0 Å². The van der Waals surface area contributed by atoms with Crippen LogP contribution in [0.2, 0.25) is 5.04 Å². The van der Waals surface area contributed by atoms with Crippen molar-refractivity contribution in [1.82, 2.24) is 0 Å². The van der Waals surface area contributed by atoms with Gasteiger partial charge in [0.05, 0.1) is 0 Å². The van der Waals surface area contributed by atoms with E-state index in [1.807, 2.05) is 26.8 Å².